The van der Waals surface area contributed by atoms with Crippen molar-refractivity contribution in [3.8, 4) is 0 Å². The van der Waals surface area contributed by atoms with E-state index in [-0.39, 0.29) is 0 Å². The molecule has 126 valence electrons. The fraction of sp³-hybridized carbons (Fsp3) is 1.00. The number of hydrogen-bond acceptors (Lipinski definition) is 1. The van der Waals surface area contributed by atoms with Gasteiger partial charge in [-0.1, -0.05) is 0 Å². The first-order valence-corrected chi connectivity index (χ1v) is 11.1. The minimum absolute atomic E-state index is 1.19. The van der Waals surface area contributed by atoms with E-state index in [0.717, 1.165) is 0 Å². The summed E-state index contributed by atoms with van der Waals surface area (Å²) in [6.45, 7) is 10.0. The lowest BCUT2D eigenvalue weighted by Gasteiger charge is -2.46. The zero-order chi connectivity index (χ0) is 14.8. The molecule has 0 spiro atoms. The molecule has 0 radical (unpaired) electrons. The van der Waals surface area contributed by atoms with Gasteiger partial charge in [0.05, 0.1) is 0 Å². The maximum atomic E-state index is 5.58. The Labute approximate surface area is 135 Å². The van der Waals surface area contributed by atoms with Crippen molar-refractivity contribution >= 4 is 7.51 Å². The SMILES string of the molecule is C1CCN(N=P(N2CCCC2)(N2CCCC2)N2CCCC2)C1. The van der Waals surface area contributed by atoms with E-state index in [1.165, 1.54) is 104 Å². The van der Waals surface area contributed by atoms with Gasteiger partial charge in [-0.3, -0.25) is 0 Å². The summed E-state index contributed by atoms with van der Waals surface area (Å²) in [5, 5.41) is 2.45. The standard InChI is InChI=1S/C16H32N5P/c1-2-10-18(9-1)17-22(19-11-3-4-12-19,20-13-5-6-14-20)21-15-7-8-16-21/h1-16H2. The molecule has 22 heavy (non-hydrogen) atoms. The zero-order valence-electron chi connectivity index (χ0n) is 14.0. The van der Waals surface area contributed by atoms with Crippen LogP contribution in [0.25, 0.3) is 0 Å². The molecule has 4 rings (SSSR count). The van der Waals surface area contributed by atoms with Gasteiger partial charge in [-0.15, -0.1) is 0 Å². The molecule has 0 aromatic rings. The molecule has 0 saturated carbocycles. The van der Waals surface area contributed by atoms with Gasteiger partial charge in [0.25, 0.3) is 0 Å². The van der Waals surface area contributed by atoms with Crippen molar-refractivity contribution in [1.82, 2.24) is 19.0 Å². The summed E-state index contributed by atoms with van der Waals surface area (Å²) in [5.74, 6) is 0. The molecule has 0 atom stereocenters. The van der Waals surface area contributed by atoms with E-state index < -0.39 is 7.51 Å². The smallest absolute Gasteiger partial charge is 0.185 e. The third kappa shape index (κ3) is 2.80. The number of nitrogens with zero attached hydrogens (tertiary/aromatic N) is 5. The van der Waals surface area contributed by atoms with Crippen molar-refractivity contribution in [2.24, 2.45) is 4.85 Å². The van der Waals surface area contributed by atoms with E-state index in [0.29, 0.717) is 0 Å². The highest BCUT2D eigenvalue weighted by Crippen LogP contribution is 2.63. The zero-order valence-corrected chi connectivity index (χ0v) is 14.9. The fourth-order valence-electron chi connectivity index (χ4n) is 4.57. The van der Waals surface area contributed by atoms with Crippen LogP contribution in [0, 0.1) is 0 Å². The summed E-state index contributed by atoms with van der Waals surface area (Å²) in [5.41, 5.74) is 0. The average molecular weight is 325 g/mol. The first-order chi connectivity index (χ1) is 10.9. The Morgan fingerprint density at radius 1 is 0.455 bits per heavy atom. The molecule has 4 heterocycles. The van der Waals surface area contributed by atoms with Gasteiger partial charge in [0.1, 0.15) is 0 Å². The summed E-state index contributed by atoms with van der Waals surface area (Å²) >= 11 is 0. The molecule has 0 aromatic carbocycles. The Bertz CT molecular complexity index is 369. The van der Waals surface area contributed by atoms with E-state index in [1.54, 1.807) is 0 Å². The second-order valence-corrected chi connectivity index (χ2v) is 10.2. The first-order valence-electron chi connectivity index (χ1n) is 9.53. The van der Waals surface area contributed by atoms with Gasteiger partial charge >= 0.3 is 0 Å². The van der Waals surface area contributed by atoms with Crippen LogP contribution in [0.2, 0.25) is 0 Å². The lowest BCUT2D eigenvalue weighted by molar-refractivity contribution is 0.322. The van der Waals surface area contributed by atoms with Crippen LogP contribution in [0.1, 0.15) is 51.4 Å². The molecule has 0 N–H and O–H groups in total. The Balaban J connectivity index is 1.74. The molecule has 6 heteroatoms. The minimum atomic E-state index is -1.64. The van der Waals surface area contributed by atoms with E-state index >= 15 is 0 Å². The quantitative estimate of drug-likeness (QED) is 0.741. The van der Waals surface area contributed by atoms with Gasteiger partial charge in [-0.25, -0.2) is 14.0 Å². The van der Waals surface area contributed by atoms with Crippen LogP contribution in [-0.4, -0.2) is 71.4 Å². The van der Waals surface area contributed by atoms with Gasteiger partial charge < -0.3 is 0 Å². The van der Waals surface area contributed by atoms with E-state index in [9.17, 15) is 0 Å². The van der Waals surface area contributed by atoms with Crippen molar-refractivity contribution in [1.29, 1.82) is 0 Å². The van der Waals surface area contributed by atoms with Crippen molar-refractivity contribution in [3.63, 3.8) is 0 Å². The van der Waals surface area contributed by atoms with Crippen molar-refractivity contribution in [3.05, 3.63) is 0 Å². The number of rotatable bonds is 4. The van der Waals surface area contributed by atoms with Crippen LogP contribution in [0.5, 0.6) is 0 Å². The highest BCUT2D eigenvalue weighted by Gasteiger charge is 2.44. The van der Waals surface area contributed by atoms with Gasteiger partial charge in [0.15, 0.2) is 7.51 Å². The van der Waals surface area contributed by atoms with Crippen LogP contribution < -0.4 is 0 Å². The molecule has 0 amide bonds. The van der Waals surface area contributed by atoms with Crippen molar-refractivity contribution in [2.75, 3.05) is 52.4 Å². The summed E-state index contributed by atoms with van der Waals surface area (Å²) < 4.78 is 8.46. The molecule has 0 unspecified atom stereocenters. The Morgan fingerprint density at radius 3 is 1.14 bits per heavy atom. The van der Waals surface area contributed by atoms with E-state index in [2.05, 4.69) is 19.0 Å². The second-order valence-electron chi connectivity index (χ2n) is 7.27. The number of hydrogen-bond donors (Lipinski definition) is 0. The lowest BCUT2D eigenvalue weighted by atomic mass is 10.4. The Hall–Kier alpha value is 0.0700. The average Bonchev–Trinajstić information content (AvgIpc) is 3.36. The molecule has 5 nitrogen and oxygen atoms in total. The van der Waals surface area contributed by atoms with E-state index in [1.807, 2.05) is 0 Å². The van der Waals surface area contributed by atoms with Gasteiger partial charge in [0.2, 0.25) is 0 Å². The molecule has 4 saturated heterocycles. The monoisotopic (exact) mass is 325 g/mol. The molecule has 0 aliphatic carbocycles. The largest absolute Gasteiger partial charge is 0.245 e. The highest BCUT2D eigenvalue weighted by atomic mass is 31.2. The molecule has 4 fully saturated rings. The van der Waals surface area contributed by atoms with Crippen LogP contribution in [0.3, 0.4) is 0 Å². The topological polar surface area (TPSA) is 25.3 Å². The maximum Gasteiger partial charge on any atom is 0.185 e. The predicted octanol–water partition coefficient (Wildman–Crippen LogP) is 3.23. The summed E-state index contributed by atoms with van der Waals surface area (Å²) in [6.07, 6.45) is 10.9. The van der Waals surface area contributed by atoms with Crippen LogP contribution >= 0.6 is 7.51 Å². The fourth-order valence-corrected chi connectivity index (χ4v) is 8.96. The molecular weight excluding hydrogens is 293 g/mol. The normalized spacial score (nSPS) is 29.8. The summed E-state index contributed by atoms with van der Waals surface area (Å²) in [7, 11) is -1.64. The predicted molar refractivity (Wildman–Crippen MR) is 92.6 cm³/mol. The lowest BCUT2D eigenvalue weighted by Crippen LogP contribution is -2.39. The Morgan fingerprint density at radius 2 is 0.773 bits per heavy atom. The molecular formula is C16H32N5P. The summed E-state index contributed by atoms with van der Waals surface area (Å²) in [4.78, 5) is 5.58. The first kappa shape index (κ1) is 15.6. The van der Waals surface area contributed by atoms with Crippen molar-refractivity contribution < 1.29 is 0 Å². The summed E-state index contributed by atoms with van der Waals surface area (Å²) in [6, 6.07) is 0. The second kappa shape index (κ2) is 6.90. The minimum Gasteiger partial charge on any atom is -0.245 e. The highest BCUT2D eigenvalue weighted by molar-refractivity contribution is 7.59. The molecule has 4 aliphatic rings. The molecule has 4 aliphatic heterocycles. The third-order valence-electron chi connectivity index (χ3n) is 5.71. The van der Waals surface area contributed by atoms with Gasteiger partial charge in [-0.05, 0) is 51.4 Å². The molecule has 0 bridgehead atoms. The van der Waals surface area contributed by atoms with Gasteiger partial charge in [0, 0.05) is 52.4 Å². The maximum absolute atomic E-state index is 5.58. The van der Waals surface area contributed by atoms with Crippen LogP contribution in [-0.2, 0) is 0 Å². The van der Waals surface area contributed by atoms with E-state index in [4.69, 9.17) is 4.85 Å². The van der Waals surface area contributed by atoms with Gasteiger partial charge in [-0.2, -0.15) is 9.86 Å². The molecule has 0 aromatic heterocycles. The van der Waals surface area contributed by atoms with Crippen LogP contribution in [0.4, 0.5) is 0 Å². The van der Waals surface area contributed by atoms with Crippen LogP contribution in [0.15, 0.2) is 4.85 Å². The Kier molecular flexibility index (Phi) is 4.89. The van der Waals surface area contributed by atoms with Crippen molar-refractivity contribution in [2.45, 2.75) is 51.4 Å². The third-order valence-corrected chi connectivity index (χ3v) is 9.68.